The quantitative estimate of drug-likeness (QED) is 0.785. The second-order valence-corrected chi connectivity index (χ2v) is 6.61. The number of nitrogens with one attached hydrogen (secondary N) is 2. The number of carboxylic acid groups (broad SMARTS) is 1. The molecule has 6 nitrogen and oxygen atoms in total. The molecule has 1 fully saturated rings. The van der Waals surface area contributed by atoms with E-state index in [1.54, 1.807) is 24.3 Å². The first-order valence-corrected chi connectivity index (χ1v) is 8.36. The molecule has 1 saturated carbocycles. The van der Waals surface area contributed by atoms with E-state index in [-0.39, 0.29) is 17.7 Å². The Labute approximate surface area is 144 Å². The standard InChI is InChI=1S/C17H19ClN2O4/c18-12-3-6-14-11(7-12)8-15(24-14)16(21)20-13-4-1-10(2-5-13)9-19-17(22)23/h3,6-8,10,13,19H,1-2,4-5,9H2,(H,20,21)(H,22,23)/t10-,13-. The van der Waals surface area contributed by atoms with Crippen molar-refractivity contribution in [3.8, 4) is 0 Å². The minimum absolute atomic E-state index is 0.0929. The summed E-state index contributed by atoms with van der Waals surface area (Å²) in [4.78, 5) is 22.9. The van der Waals surface area contributed by atoms with Gasteiger partial charge in [0.05, 0.1) is 0 Å². The van der Waals surface area contributed by atoms with Crippen molar-refractivity contribution >= 4 is 34.6 Å². The van der Waals surface area contributed by atoms with E-state index in [0.717, 1.165) is 31.1 Å². The second-order valence-electron chi connectivity index (χ2n) is 6.17. The molecular formula is C17H19ClN2O4. The molecule has 0 bridgehead atoms. The lowest BCUT2D eigenvalue weighted by molar-refractivity contribution is 0.0896. The SMILES string of the molecule is O=C(O)NC[C@H]1CC[C@H](NC(=O)c2cc3cc(Cl)ccc3o2)CC1. The first-order chi connectivity index (χ1) is 11.5. The number of rotatable bonds is 4. The lowest BCUT2D eigenvalue weighted by Gasteiger charge is -2.28. The first kappa shape index (κ1) is 16.6. The van der Waals surface area contributed by atoms with Gasteiger partial charge in [-0.05, 0) is 55.9 Å². The predicted octanol–water partition coefficient (Wildman–Crippen LogP) is 3.64. The molecule has 7 heteroatoms. The smallest absolute Gasteiger partial charge is 0.404 e. The van der Waals surface area contributed by atoms with Crippen LogP contribution in [0.4, 0.5) is 4.79 Å². The third-order valence-electron chi connectivity index (χ3n) is 4.43. The van der Waals surface area contributed by atoms with Crippen LogP contribution in [0.15, 0.2) is 28.7 Å². The number of hydrogen-bond donors (Lipinski definition) is 3. The number of carbonyl (C=O) groups is 2. The minimum Gasteiger partial charge on any atom is -0.465 e. The number of amides is 2. The van der Waals surface area contributed by atoms with E-state index in [2.05, 4.69) is 10.6 Å². The zero-order valence-corrected chi connectivity index (χ0v) is 13.8. The van der Waals surface area contributed by atoms with Crippen molar-refractivity contribution in [2.24, 2.45) is 5.92 Å². The summed E-state index contributed by atoms with van der Waals surface area (Å²) >= 11 is 5.94. The molecule has 1 heterocycles. The summed E-state index contributed by atoms with van der Waals surface area (Å²) in [6, 6.07) is 7.02. The van der Waals surface area contributed by atoms with Crippen LogP contribution in [0.3, 0.4) is 0 Å². The van der Waals surface area contributed by atoms with Gasteiger partial charge >= 0.3 is 6.09 Å². The maximum atomic E-state index is 12.3. The summed E-state index contributed by atoms with van der Waals surface area (Å²) in [6.45, 7) is 0.473. The zero-order valence-electron chi connectivity index (χ0n) is 13.0. The molecule has 2 amide bonds. The summed E-state index contributed by atoms with van der Waals surface area (Å²) in [5.41, 5.74) is 0.632. The van der Waals surface area contributed by atoms with Gasteiger partial charge in [-0.1, -0.05) is 11.6 Å². The van der Waals surface area contributed by atoms with Crippen molar-refractivity contribution in [2.75, 3.05) is 6.54 Å². The number of hydrogen-bond acceptors (Lipinski definition) is 3. The highest BCUT2D eigenvalue weighted by Gasteiger charge is 2.24. The van der Waals surface area contributed by atoms with Gasteiger partial charge in [-0.25, -0.2) is 4.79 Å². The lowest BCUT2D eigenvalue weighted by Crippen LogP contribution is -2.39. The molecule has 1 aromatic heterocycles. The fourth-order valence-corrected chi connectivity index (χ4v) is 3.31. The third-order valence-corrected chi connectivity index (χ3v) is 4.66. The van der Waals surface area contributed by atoms with Crippen molar-refractivity contribution in [1.82, 2.24) is 10.6 Å². The molecule has 1 aliphatic rings. The molecule has 0 radical (unpaired) electrons. The molecule has 1 aliphatic carbocycles. The van der Waals surface area contributed by atoms with Crippen molar-refractivity contribution < 1.29 is 19.1 Å². The van der Waals surface area contributed by atoms with Gasteiger partial charge in [-0.15, -0.1) is 0 Å². The average molecular weight is 351 g/mol. The van der Waals surface area contributed by atoms with E-state index in [0.29, 0.717) is 23.1 Å². The highest BCUT2D eigenvalue weighted by atomic mass is 35.5. The maximum Gasteiger partial charge on any atom is 0.404 e. The number of furan rings is 1. The largest absolute Gasteiger partial charge is 0.465 e. The zero-order chi connectivity index (χ0) is 17.1. The summed E-state index contributed by atoms with van der Waals surface area (Å²) < 4.78 is 5.57. The van der Waals surface area contributed by atoms with Crippen molar-refractivity contribution in [1.29, 1.82) is 0 Å². The van der Waals surface area contributed by atoms with E-state index in [4.69, 9.17) is 21.1 Å². The number of carbonyl (C=O) groups excluding carboxylic acids is 1. The fraction of sp³-hybridized carbons (Fsp3) is 0.412. The first-order valence-electron chi connectivity index (χ1n) is 7.98. The van der Waals surface area contributed by atoms with Crippen LogP contribution >= 0.6 is 11.6 Å². The Balaban J connectivity index is 1.54. The molecule has 0 aliphatic heterocycles. The molecule has 0 saturated heterocycles. The van der Waals surface area contributed by atoms with Crippen LogP contribution in [0.25, 0.3) is 11.0 Å². The fourth-order valence-electron chi connectivity index (χ4n) is 3.13. The Morgan fingerprint density at radius 2 is 1.96 bits per heavy atom. The normalized spacial score (nSPS) is 20.7. The molecule has 0 unspecified atom stereocenters. The summed E-state index contributed by atoms with van der Waals surface area (Å²) in [6.07, 6.45) is 2.46. The Morgan fingerprint density at radius 3 is 2.67 bits per heavy atom. The van der Waals surface area contributed by atoms with Crippen molar-refractivity contribution in [3.05, 3.63) is 35.0 Å². The average Bonchev–Trinajstić information content (AvgIpc) is 2.97. The molecular weight excluding hydrogens is 332 g/mol. The Kier molecular flexibility index (Phi) is 4.94. The van der Waals surface area contributed by atoms with Crippen LogP contribution in [-0.2, 0) is 0 Å². The van der Waals surface area contributed by atoms with Crippen LogP contribution in [0.5, 0.6) is 0 Å². The second kappa shape index (κ2) is 7.13. The molecule has 0 atom stereocenters. The summed E-state index contributed by atoms with van der Waals surface area (Å²) in [5, 5.41) is 15.4. The van der Waals surface area contributed by atoms with Crippen LogP contribution < -0.4 is 10.6 Å². The number of benzene rings is 1. The third kappa shape index (κ3) is 4.00. The van der Waals surface area contributed by atoms with Crippen LogP contribution in [-0.4, -0.2) is 29.7 Å². The molecule has 2 aromatic rings. The summed E-state index contributed by atoms with van der Waals surface area (Å²) in [5.74, 6) is 0.388. The van der Waals surface area contributed by atoms with E-state index < -0.39 is 6.09 Å². The van der Waals surface area contributed by atoms with Gasteiger partial charge in [-0.2, -0.15) is 0 Å². The highest BCUT2D eigenvalue weighted by molar-refractivity contribution is 6.31. The minimum atomic E-state index is -0.990. The molecule has 1 aromatic carbocycles. The van der Waals surface area contributed by atoms with Crippen molar-refractivity contribution in [3.63, 3.8) is 0 Å². The maximum absolute atomic E-state index is 12.3. The molecule has 128 valence electrons. The topological polar surface area (TPSA) is 91.6 Å². The van der Waals surface area contributed by atoms with Gasteiger partial charge in [-0.3, -0.25) is 4.79 Å². The number of fused-ring (bicyclic) bond motifs is 1. The van der Waals surface area contributed by atoms with Crippen LogP contribution in [0, 0.1) is 5.92 Å². The molecule has 3 rings (SSSR count). The molecule has 3 N–H and O–H groups in total. The van der Waals surface area contributed by atoms with Crippen LogP contribution in [0.2, 0.25) is 5.02 Å². The van der Waals surface area contributed by atoms with Crippen LogP contribution in [0.1, 0.15) is 36.2 Å². The van der Waals surface area contributed by atoms with Crippen molar-refractivity contribution in [2.45, 2.75) is 31.7 Å². The van der Waals surface area contributed by atoms with E-state index in [1.165, 1.54) is 0 Å². The van der Waals surface area contributed by atoms with Gasteiger partial charge in [0.15, 0.2) is 5.76 Å². The predicted molar refractivity (Wildman–Crippen MR) is 90.5 cm³/mol. The van der Waals surface area contributed by atoms with E-state index in [1.807, 2.05) is 0 Å². The number of halogens is 1. The Morgan fingerprint density at radius 1 is 1.21 bits per heavy atom. The van der Waals surface area contributed by atoms with E-state index >= 15 is 0 Å². The Hall–Kier alpha value is -2.21. The summed E-state index contributed by atoms with van der Waals surface area (Å²) in [7, 11) is 0. The van der Waals surface area contributed by atoms with Gasteiger partial charge in [0.2, 0.25) is 0 Å². The molecule has 24 heavy (non-hydrogen) atoms. The Bertz CT molecular complexity index is 750. The van der Waals surface area contributed by atoms with Gasteiger partial charge in [0, 0.05) is 23.0 Å². The lowest BCUT2D eigenvalue weighted by atomic mass is 9.86. The van der Waals surface area contributed by atoms with Gasteiger partial charge in [0.25, 0.3) is 5.91 Å². The highest BCUT2D eigenvalue weighted by Crippen LogP contribution is 2.26. The monoisotopic (exact) mass is 350 g/mol. The van der Waals surface area contributed by atoms with Gasteiger partial charge in [0.1, 0.15) is 5.58 Å². The van der Waals surface area contributed by atoms with E-state index in [9.17, 15) is 9.59 Å². The van der Waals surface area contributed by atoms with Gasteiger partial charge < -0.3 is 20.2 Å². The molecule has 0 spiro atoms.